The lowest BCUT2D eigenvalue weighted by atomic mass is 10.1. The normalized spacial score (nSPS) is 16.2. The Balaban J connectivity index is 1.88. The van der Waals surface area contributed by atoms with Crippen LogP contribution in [0.5, 0.6) is 0 Å². The number of amides is 2. The van der Waals surface area contributed by atoms with Gasteiger partial charge in [0.25, 0.3) is 5.91 Å². The number of rotatable bonds is 6. The van der Waals surface area contributed by atoms with Crippen LogP contribution in [0.2, 0.25) is 5.02 Å². The van der Waals surface area contributed by atoms with Gasteiger partial charge in [-0.15, -0.1) is 0 Å². The summed E-state index contributed by atoms with van der Waals surface area (Å²) < 4.78 is 32.3. The van der Waals surface area contributed by atoms with Gasteiger partial charge in [-0.1, -0.05) is 41.9 Å². The van der Waals surface area contributed by atoms with Gasteiger partial charge in [-0.25, -0.2) is 8.42 Å². The standard InChI is InChI=1S/C19H20ClN3O5S/c20-15-7-6-14(12-16(15)29(26,27)23-8-10-28-11-9-23)19(25)22-17(18(21)24)13-4-2-1-3-5-13/h1-7,12,17H,8-11H2,(H2,21,24)(H,22,25). The number of ether oxygens (including phenoxy) is 1. The molecule has 0 spiro atoms. The van der Waals surface area contributed by atoms with Crippen LogP contribution in [0.1, 0.15) is 22.0 Å². The summed E-state index contributed by atoms with van der Waals surface area (Å²) in [6.45, 7) is 0.975. The molecule has 1 fully saturated rings. The van der Waals surface area contributed by atoms with E-state index in [0.29, 0.717) is 5.56 Å². The summed E-state index contributed by atoms with van der Waals surface area (Å²) in [6.07, 6.45) is 0. The molecule has 3 N–H and O–H groups in total. The second-order valence-corrected chi connectivity index (χ2v) is 8.69. The number of nitrogens with two attached hydrogens (primary N) is 1. The molecule has 0 aliphatic carbocycles. The predicted molar refractivity (Wildman–Crippen MR) is 107 cm³/mol. The Morgan fingerprint density at radius 1 is 1.10 bits per heavy atom. The van der Waals surface area contributed by atoms with Gasteiger partial charge in [0, 0.05) is 18.7 Å². The first-order valence-corrected chi connectivity index (χ1v) is 10.6. The highest BCUT2D eigenvalue weighted by Crippen LogP contribution is 2.27. The van der Waals surface area contributed by atoms with Crippen molar-refractivity contribution in [1.82, 2.24) is 9.62 Å². The fourth-order valence-electron chi connectivity index (χ4n) is 2.95. The molecule has 0 saturated carbocycles. The molecule has 2 amide bonds. The maximum absolute atomic E-state index is 12.9. The molecule has 0 aromatic heterocycles. The molecule has 29 heavy (non-hydrogen) atoms. The van der Waals surface area contributed by atoms with Crippen molar-refractivity contribution in [3.05, 3.63) is 64.7 Å². The van der Waals surface area contributed by atoms with E-state index in [4.69, 9.17) is 22.1 Å². The van der Waals surface area contributed by atoms with E-state index in [2.05, 4.69) is 5.32 Å². The monoisotopic (exact) mass is 437 g/mol. The predicted octanol–water partition coefficient (Wildman–Crippen LogP) is 1.32. The van der Waals surface area contributed by atoms with E-state index in [-0.39, 0.29) is 41.8 Å². The summed E-state index contributed by atoms with van der Waals surface area (Å²) in [6, 6.07) is 11.4. The first kappa shape index (κ1) is 21.3. The Morgan fingerprint density at radius 2 is 1.76 bits per heavy atom. The van der Waals surface area contributed by atoms with Crippen LogP contribution in [0.15, 0.2) is 53.4 Å². The highest BCUT2D eigenvalue weighted by atomic mass is 35.5. The summed E-state index contributed by atoms with van der Waals surface area (Å²) in [7, 11) is -3.90. The Bertz CT molecular complexity index is 1010. The minimum atomic E-state index is -3.90. The third-order valence-electron chi connectivity index (χ3n) is 4.47. The number of hydrogen-bond acceptors (Lipinski definition) is 5. The number of halogens is 1. The van der Waals surface area contributed by atoms with E-state index in [1.165, 1.54) is 22.5 Å². The first-order valence-electron chi connectivity index (χ1n) is 8.83. The Kier molecular flexibility index (Phi) is 6.53. The lowest BCUT2D eigenvalue weighted by Crippen LogP contribution is -2.41. The Labute approximate surface area is 173 Å². The number of benzene rings is 2. The molecule has 8 nitrogen and oxygen atoms in total. The quantitative estimate of drug-likeness (QED) is 0.706. The van der Waals surface area contributed by atoms with Crippen molar-refractivity contribution in [1.29, 1.82) is 0 Å². The van der Waals surface area contributed by atoms with Crippen molar-refractivity contribution < 1.29 is 22.7 Å². The third-order valence-corrected chi connectivity index (χ3v) is 6.85. The second kappa shape index (κ2) is 8.91. The summed E-state index contributed by atoms with van der Waals surface area (Å²) in [5, 5.41) is 2.54. The lowest BCUT2D eigenvalue weighted by Gasteiger charge is -2.26. The van der Waals surface area contributed by atoms with Gasteiger partial charge in [-0.2, -0.15) is 4.31 Å². The highest BCUT2D eigenvalue weighted by Gasteiger charge is 2.29. The molecule has 1 aliphatic rings. The molecule has 3 rings (SSSR count). The average Bonchev–Trinajstić information content (AvgIpc) is 2.73. The van der Waals surface area contributed by atoms with Crippen LogP contribution in [-0.4, -0.2) is 50.8 Å². The molecule has 1 aliphatic heterocycles. The van der Waals surface area contributed by atoms with Crippen LogP contribution in [-0.2, 0) is 19.6 Å². The number of carbonyl (C=O) groups is 2. The smallest absolute Gasteiger partial charge is 0.252 e. The van der Waals surface area contributed by atoms with Crippen molar-refractivity contribution in [2.75, 3.05) is 26.3 Å². The van der Waals surface area contributed by atoms with E-state index >= 15 is 0 Å². The van der Waals surface area contributed by atoms with Gasteiger partial charge in [0.15, 0.2) is 0 Å². The maximum Gasteiger partial charge on any atom is 0.252 e. The van der Waals surface area contributed by atoms with Crippen LogP contribution < -0.4 is 11.1 Å². The topological polar surface area (TPSA) is 119 Å². The second-order valence-electron chi connectivity index (χ2n) is 6.38. The number of sulfonamides is 1. The molecule has 2 aromatic carbocycles. The van der Waals surface area contributed by atoms with Crippen LogP contribution >= 0.6 is 11.6 Å². The van der Waals surface area contributed by atoms with E-state index < -0.39 is 27.9 Å². The van der Waals surface area contributed by atoms with Gasteiger partial charge in [0.2, 0.25) is 15.9 Å². The molecule has 1 saturated heterocycles. The SMILES string of the molecule is NC(=O)C(NC(=O)c1ccc(Cl)c(S(=O)(=O)N2CCOCC2)c1)c1ccccc1. The third kappa shape index (κ3) is 4.76. The molecule has 2 aromatic rings. The molecule has 1 heterocycles. The Morgan fingerprint density at radius 3 is 2.38 bits per heavy atom. The number of nitrogens with zero attached hydrogens (tertiary/aromatic N) is 1. The van der Waals surface area contributed by atoms with Gasteiger partial charge in [-0.05, 0) is 23.8 Å². The fraction of sp³-hybridized carbons (Fsp3) is 0.263. The van der Waals surface area contributed by atoms with Crippen LogP contribution in [0.3, 0.4) is 0 Å². The summed E-state index contributed by atoms with van der Waals surface area (Å²) in [5.74, 6) is -1.38. The van der Waals surface area contributed by atoms with E-state index in [1.54, 1.807) is 30.3 Å². The zero-order valence-electron chi connectivity index (χ0n) is 15.4. The maximum atomic E-state index is 12.9. The average molecular weight is 438 g/mol. The molecule has 1 unspecified atom stereocenters. The van der Waals surface area contributed by atoms with Crippen LogP contribution in [0, 0.1) is 0 Å². The minimum absolute atomic E-state index is 0.00236. The lowest BCUT2D eigenvalue weighted by molar-refractivity contribution is -0.120. The van der Waals surface area contributed by atoms with Gasteiger partial charge in [-0.3, -0.25) is 9.59 Å². The van der Waals surface area contributed by atoms with E-state index in [1.807, 2.05) is 0 Å². The molecular weight excluding hydrogens is 418 g/mol. The number of primary amides is 1. The summed E-state index contributed by atoms with van der Waals surface area (Å²) >= 11 is 6.11. The van der Waals surface area contributed by atoms with Crippen molar-refractivity contribution in [3.8, 4) is 0 Å². The van der Waals surface area contributed by atoms with Crippen molar-refractivity contribution >= 4 is 33.4 Å². The number of hydrogen-bond donors (Lipinski definition) is 2. The molecule has 154 valence electrons. The first-order chi connectivity index (χ1) is 13.8. The van der Waals surface area contributed by atoms with E-state index in [9.17, 15) is 18.0 Å². The zero-order valence-corrected chi connectivity index (χ0v) is 16.9. The summed E-state index contributed by atoms with van der Waals surface area (Å²) in [4.78, 5) is 24.4. The fourth-order valence-corrected chi connectivity index (χ4v) is 4.86. The number of carbonyl (C=O) groups excluding carboxylic acids is 2. The highest BCUT2D eigenvalue weighted by molar-refractivity contribution is 7.89. The van der Waals surface area contributed by atoms with Gasteiger partial charge in [0.05, 0.1) is 18.2 Å². The zero-order chi connectivity index (χ0) is 21.0. The van der Waals surface area contributed by atoms with Gasteiger partial charge < -0.3 is 15.8 Å². The number of morpholine rings is 1. The van der Waals surface area contributed by atoms with Crippen LogP contribution in [0.4, 0.5) is 0 Å². The van der Waals surface area contributed by atoms with Crippen LogP contribution in [0.25, 0.3) is 0 Å². The molecule has 0 radical (unpaired) electrons. The van der Waals surface area contributed by atoms with Crippen molar-refractivity contribution in [2.45, 2.75) is 10.9 Å². The molecule has 10 heteroatoms. The van der Waals surface area contributed by atoms with Crippen molar-refractivity contribution in [2.24, 2.45) is 5.73 Å². The molecule has 0 bridgehead atoms. The van der Waals surface area contributed by atoms with Gasteiger partial charge >= 0.3 is 0 Å². The molecule has 1 atom stereocenters. The van der Waals surface area contributed by atoms with E-state index in [0.717, 1.165) is 0 Å². The minimum Gasteiger partial charge on any atom is -0.379 e. The van der Waals surface area contributed by atoms with Crippen molar-refractivity contribution in [3.63, 3.8) is 0 Å². The van der Waals surface area contributed by atoms with Gasteiger partial charge in [0.1, 0.15) is 10.9 Å². The largest absolute Gasteiger partial charge is 0.379 e. The Hall–Kier alpha value is -2.46. The summed E-state index contributed by atoms with van der Waals surface area (Å²) in [5.41, 5.74) is 5.99. The molecular formula is C19H20ClN3O5S. The number of nitrogens with one attached hydrogen (secondary N) is 1.